The second-order valence-corrected chi connectivity index (χ2v) is 10.6. The monoisotopic (exact) mass is 550 g/mol. The van der Waals surface area contributed by atoms with Crippen molar-refractivity contribution in [3.8, 4) is 10.6 Å². The van der Waals surface area contributed by atoms with Gasteiger partial charge in [0.25, 0.3) is 11.6 Å². The van der Waals surface area contributed by atoms with E-state index in [1.807, 2.05) is 49.4 Å². The van der Waals surface area contributed by atoms with Crippen LogP contribution in [0.25, 0.3) is 20.8 Å². The van der Waals surface area contributed by atoms with Gasteiger partial charge in [-0.3, -0.25) is 19.7 Å². The van der Waals surface area contributed by atoms with Gasteiger partial charge in [0.2, 0.25) is 0 Å². The number of rotatable bonds is 6. The predicted octanol–water partition coefficient (Wildman–Crippen LogP) is 6.39. The van der Waals surface area contributed by atoms with E-state index < -0.39 is 22.7 Å². The van der Waals surface area contributed by atoms with Crippen molar-refractivity contribution in [3.63, 3.8) is 0 Å². The molecule has 0 bridgehead atoms. The maximum absolute atomic E-state index is 13.2. The van der Waals surface area contributed by atoms with Gasteiger partial charge >= 0.3 is 5.97 Å². The number of piperidine rings is 1. The average Bonchev–Trinajstić information content (AvgIpc) is 3.34. The summed E-state index contributed by atoms with van der Waals surface area (Å²) in [7, 11) is 0. The lowest BCUT2D eigenvalue weighted by Gasteiger charge is -2.31. The number of hydrogen-bond acceptors (Lipinski definition) is 7. The van der Waals surface area contributed by atoms with Crippen molar-refractivity contribution < 1.29 is 19.6 Å². The molecule has 5 rings (SSSR count). The highest BCUT2D eigenvalue weighted by molar-refractivity contribution is 7.21. The normalized spacial score (nSPS) is 14.0. The molecule has 1 fully saturated rings. The highest BCUT2D eigenvalue weighted by atomic mass is 35.5. The number of halogens is 1. The molecule has 1 aliphatic rings. The number of para-hydroxylation sites is 1. The van der Waals surface area contributed by atoms with Gasteiger partial charge in [0, 0.05) is 30.4 Å². The molecule has 0 saturated carbocycles. The maximum Gasteiger partial charge on any atom is 0.306 e. The Balaban J connectivity index is 1.42. The van der Waals surface area contributed by atoms with Gasteiger partial charge in [-0.05, 0) is 49.6 Å². The van der Waals surface area contributed by atoms with Crippen molar-refractivity contribution in [3.05, 3.63) is 80.9 Å². The minimum Gasteiger partial charge on any atom is -0.481 e. The van der Waals surface area contributed by atoms with Gasteiger partial charge in [0.15, 0.2) is 0 Å². The van der Waals surface area contributed by atoms with Gasteiger partial charge in [-0.15, -0.1) is 11.3 Å². The Hall–Kier alpha value is -4.02. The van der Waals surface area contributed by atoms with Crippen LogP contribution in [0.1, 0.15) is 28.8 Å². The van der Waals surface area contributed by atoms with Crippen molar-refractivity contribution >= 4 is 62.1 Å². The van der Waals surface area contributed by atoms with E-state index in [0.29, 0.717) is 31.6 Å². The van der Waals surface area contributed by atoms with E-state index in [-0.39, 0.29) is 22.0 Å². The molecule has 38 heavy (non-hydrogen) atoms. The Morgan fingerprint density at radius 1 is 1.16 bits per heavy atom. The summed E-state index contributed by atoms with van der Waals surface area (Å²) in [6, 6.07) is 16.1. The molecule has 1 aromatic heterocycles. The first-order valence-corrected chi connectivity index (χ1v) is 13.1. The molecule has 9 nitrogen and oxygen atoms in total. The van der Waals surface area contributed by atoms with E-state index in [2.05, 4.69) is 10.3 Å². The number of benzene rings is 3. The molecule has 2 heterocycles. The van der Waals surface area contributed by atoms with Crippen molar-refractivity contribution in [2.24, 2.45) is 5.92 Å². The number of carboxylic acid groups (broad SMARTS) is 1. The molecule has 3 aromatic carbocycles. The molecule has 194 valence electrons. The first kappa shape index (κ1) is 25.6. The summed E-state index contributed by atoms with van der Waals surface area (Å²) in [5.74, 6) is -1.92. The van der Waals surface area contributed by atoms with Crippen LogP contribution in [0.2, 0.25) is 5.02 Å². The molecule has 1 aliphatic heterocycles. The number of fused-ring (bicyclic) bond motifs is 1. The number of carbonyl (C=O) groups is 2. The standard InChI is InChI=1S/C27H23ClN4O5S/c1-15-6-7-17(26-30-20-4-2-3-5-24(20)38-26)12-21(15)29-25(33)18-13-23(32(36)37)22(14-19(18)28)31-10-8-16(9-11-31)27(34)35/h2-7,12-14,16H,8-11H2,1H3,(H,29,33)(H,34,35). The van der Waals surface area contributed by atoms with Crippen molar-refractivity contribution in [2.45, 2.75) is 19.8 Å². The first-order valence-electron chi connectivity index (χ1n) is 11.9. The number of nitrogens with one attached hydrogen (secondary N) is 1. The molecular weight excluding hydrogens is 528 g/mol. The fourth-order valence-electron chi connectivity index (χ4n) is 4.57. The molecule has 1 amide bonds. The van der Waals surface area contributed by atoms with Crippen LogP contribution in [-0.2, 0) is 4.79 Å². The van der Waals surface area contributed by atoms with Crippen LogP contribution in [0.5, 0.6) is 0 Å². The van der Waals surface area contributed by atoms with Gasteiger partial charge in [-0.1, -0.05) is 35.9 Å². The summed E-state index contributed by atoms with van der Waals surface area (Å²) in [6.07, 6.45) is 0.743. The van der Waals surface area contributed by atoms with Gasteiger partial charge in [-0.25, -0.2) is 4.98 Å². The number of nitro groups is 1. The first-order chi connectivity index (χ1) is 18.2. The number of anilines is 2. The smallest absolute Gasteiger partial charge is 0.306 e. The number of aromatic nitrogens is 1. The number of hydrogen-bond donors (Lipinski definition) is 2. The number of nitrogens with zero attached hydrogens (tertiary/aromatic N) is 3. The largest absolute Gasteiger partial charge is 0.481 e. The molecular formula is C27H23ClN4O5S. The summed E-state index contributed by atoms with van der Waals surface area (Å²) in [4.78, 5) is 42.3. The maximum atomic E-state index is 13.2. The lowest BCUT2D eigenvalue weighted by Crippen LogP contribution is -2.36. The van der Waals surface area contributed by atoms with Gasteiger partial charge < -0.3 is 15.3 Å². The van der Waals surface area contributed by atoms with E-state index in [0.717, 1.165) is 26.4 Å². The zero-order valence-electron chi connectivity index (χ0n) is 20.3. The Morgan fingerprint density at radius 3 is 2.58 bits per heavy atom. The lowest BCUT2D eigenvalue weighted by atomic mass is 9.96. The number of thiazole rings is 1. The Bertz CT molecular complexity index is 1550. The Morgan fingerprint density at radius 2 is 1.89 bits per heavy atom. The van der Waals surface area contributed by atoms with Gasteiger partial charge in [0.1, 0.15) is 10.7 Å². The zero-order chi connectivity index (χ0) is 27.0. The molecule has 0 aliphatic carbocycles. The summed E-state index contributed by atoms with van der Waals surface area (Å²) in [6.45, 7) is 2.54. The SMILES string of the molecule is Cc1ccc(-c2nc3ccccc3s2)cc1NC(=O)c1cc([N+](=O)[O-])c(N2CCC(C(=O)O)CC2)cc1Cl. The molecule has 11 heteroatoms. The topological polar surface area (TPSA) is 126 Å². The third kappa shape index (κ3) is 5.05. The highest BCUT2D eigenvalue weighted by Crippen LogP contribution is 2.37. The van der Waals surface area contributed by atoms with Crippen LogP contribution in [0.3, 0.4) is 0 Å². The highest BCUT2D eigenvalue weighted by Gasteiger charge is 2.30. The number of aliphatic carboxylic acids is 1. The van der Waals surface area contributed by atoms with E-state index in [9.17, 15) is 24.8 Å². The number of carbonyl (C=O) groups excluding carboxylic acids is 1. The quantitative estimate of drug-likeness (QED) is 0.210. The molecule has 0 atom stereocenters. The van der Waals surface area contributed by atoms with Crippen LogP contribution in [0.4, 0.5) is 17.1 Å². The van der Waals surface area contributed by atoms with E-state index in [1.54, 1.807) is 16.2 Å². The molecule has 2 N–H and O–H groups in total. The van der Waals surface area contributed by atoms with Crippen molar-refractivity contribution in [1.82, 2.24) is 4.98 Å². The second kappa shape index (κ2) is 10.4. The van der Waals surface area contributed by atoms with Crippen LogP contribution >= 0.6 is 22.9 Å². The molecule has 0 unspecified atom stereocenters. The average molecular weight is 551 g/mol. The summed E-state index contributed by atoms with van der Waals surface area (Å²) >= 11 is 8.01. The van der Waals surface area contributed by atoms with Crippen molar-refractivity contribution in [2.75, 3.05) is 23.3 Å². The van der Waals surface area contributed by atoms with Crippen LogP contribution in [0.15, 0.2) is 54.6 Å². The molecule has 1 saturated heterocycles. The van der Waals surface area contributed by atoms with Gasteiger partial charge in [0.05, 0.1) is 31.6 Å². The Labute approximate surface area is 226 Å². The summed E-state index contributed by atoms with van der Waals surface area (Å²) < 4.78 is 1.06. The lowest BCUT2D eigenvalue weighted by molar-refractivity contribution is -0.384. The summed E-state index contributed by atoms with van der Waals surface area (Å²) in [5, 5.41) is 24.9. The zero-order valence-corrected chi connectivity index (χ0v) is 21.9. The minimum absolute atomic E-state index is 0.0210. The number of nitro benzene ring substituents is 1. The third-order valence-corrected chi connectivity index (χ3v) is 8.12. The number of amides is 1. The summed E-state index contributed by atoms with van der Waals surface area (Å²) in [5.41, 5.74) is 3.08. The van der Waals surface area contributed by atoms with Crippen molar-refractivity contribution in [1.29, 1.82) is 0 Å². The van der Waals surface area contributed by atoms with Crippen LogP contribution < -0.4 is 10.2 Å². The molecule has 0 radical (unpaired) electrons. The minimum atomic E-state index is -0.869. The predicted molar refractivity (Wildman–Crippen MR) is 148 cm³/mol. The number of aryl methyl sites for hydroxylation is 1. The van der Waals surface area contributed by atoms with E-state index >= 15 is 0 Å². The number of carboxylic acids is 1. The fourth-order valence-corrected chi connectivity index (χ4v) is 5.77. The van der Waals surface area contributed by atoms with E-state index in [1.165, 1.54) is 12.1 Å². The van der Waals surface area contributed by atoms with Crippen LogP contribution in [0, 0.1) is 23.0 Å². The molecule has 4 aromatic rings. The molecule has 0 spiro atoms. The fraction of sp³-hybridized carbons (Fsp3) is 0.222. The third-order valence-electron chi connectivity index (χ3n) is 6.72. The van der Waals surface area contributed by atoms with Crippen LogP contribution in [-0.4, -0.2) is 40.0 Å². The van der Waals surface area contributed by atoms with Gasteiger partial charge in [-0.2, -0.15) is 0 Å². The second-order valence-electron chi connectivity index (χ2n) is 9.15. The van der Waals surface area contributed by atoms with E-state index in [4.69, 9.17) is 11.6 Å². The Kier molecular flexibility index (Phi) is 7.00.